The predicted molar refractivity (Wildman–Crippen MR) is 185 cm³/mol. The molecule has 0 saturated heterocycles. The summed E-state index contributed by atoms with van der Waals surface area (Å²) in [7, 11) is 0. The number of aliphatic hydroxyl groups is 5. The van der Waals surface area contributed by atoms with Crippen molar-refractivity contribution in [2.45, 2.75) is 167 Å². The number of carbonyl (C=O) groups is 1. The van der Waals surface area contributed by atoms with Crippen LogP contribution >= 0.6 is 0 Å². The lowest BCUT2D eigenvalue weighted by Crippen LogP contribution is -2.49. The van der Waals surface area contributed by atoms with Crippen LogP contribution in [0.1, 0.15) is 153 Å². The fourth-order valence-electron chi connectivity index (χ4n) is 5.41. The number of hydrogen-bond donors (Lipinski definition) is 6. The Balaban J connectivity index is 2.59. The Morgan fingerprint density at radius 3 is 1.48 bits per heavy atom. The van der Waals surface area contributed by atoms with Gasteiger partial charge >= 0.3 is 0 Å². The van der Waals surface area contributed by atoms with Gasteiger partial charge in [0.05, 0.1) is 25.9 Å². The molecule has 0 saturated carbocycles. The van der Waals surface area contributed by atoms with Crippen LogP contribution in [-0.4, -0.2) is 82.2 Å². The maximum Gasteiger partial charge on any atom is 0.251 e. The molecule has 0 aromatic heterocycles. The molecule has 6 N–H and O–H groups in total. The molecule has 0 aliphatic heterocycles. The second kappa shape index (κ2) is 28.1. The number of nitrogens with one attached hydrogen (secondary N) is 1. The Bertz CT molecular complexity index is 870. The van der Waals surface area contributed by atoms with Crippen molar-refractivity contribution >= 4 is 5.91 Å². The molecular formula is C37H67NO8. The summed E-state index contributed by atoms with van der Waals surface area (Å²) in [5.74, 6) is 0.599. The van der Waals surface area contributed by atoms with E-state index in [0.717, 1.165) is 25.7 Å². The van der Waals surface area contributed by atoms with Gasteiger partial charge in [0, 0.05) is 12.1 Å². The normalized spacial score (nSPS) is 14.1. The molecule has 1 aromatic carbocycles. The van der Waals surface area contributed by atoms with E-state index < -0.39 is 36.9 Å². The molecule has 0 fully saturated rings. The average Bonchev–Trinajstić information content (AvgIpc) is 3.07. The first-order valence-corrected chi connectivity index (χ1v) is 18.4. The predicted octanol–water partition coefficient (Wildman–Crippen LogP) is 6.45. The van der Waals surface area contributed by atoms with Gasteiger partial charge in [-0.25, -0.2) is 0 Å². The molecule has 9 nitrogen and oxygen atoms in total. The lowest BCUT2D eigenvalue weighted by molar-refractivity contribution is -0.113. The summed E-state index contributed by atoms with van der Waals surface area (Å²) >= 11 is 0. The molecule has 0 spiro atoms. The molecule has 0 radical (unpaired) electrons. The summed E-state index contributed by atoms with van der Waals surface area (Å²) in [6.07, 6.45) is 18.1. The van der Waals surface area contributed by atoms with E-state index in [2.05, 4.69) is 19.2 Å². The Kier molecular flexibility index (Phi) is 25.8. The van der Waals surface area contributed by atoms with Crippen LogP contribution in [0.5, 0.6) is 11.5 Å². The van der Waals surface area contributed by atoms with Gasteiger partial charge in [-0.15, -0.1) is 0 Å². The van der Waals surface area contributed by atoms with Crippen molar-refractivity contribution in [1.82, 2.24) is 5.32 Å². The van der Waals surface area contributed by atoms with Crippen molar-refractivity contribution in [3.05, 3.63) is 23.8 Å². The van der Waals surface area contributed by atoms with Gasteiger partial charge in [0.1, 0.15) is 18.3 Å². The van der Waals surface area contributed by atoms with E-state index in [1.54, 1.807) is 18.2 Å². The van der Waals surface area contributed by atoms with Crippen LogP contribution in [0, 0.1) is 0 Å². The highest BCUT2D eigenvalue weighted by Gasteiger charge is 2.30. The number of hydrogen-bond acceptors (Lipinski definition) is 8. The fourth-order valence-corrected chi connectivity index (χ4v) is 5.41. The molecule has 0 unspecified atom stereocenters. The minimum absolute atomic E-state index is 0.307. The molecule has 46 heavy (non-hydrogen) atoms. The van der Waals surface area contributed by atoms with E-state index in [1.807, 2.05) is 0 Å². The molecule has 1 rings (SSSR count). The zero-order valence-corrected chi connectivity index (χ0v) is 29.0. The van der Waals surface area contributed by atoms with Gasteiger partial charge in [-0.2, -0.15) is 0 Å². The monoisotopic (exact) mass is 653 g/mol. The molecule has 0 aliphatic rings. The van der Waals surface area contributed by atoms with Crippen LogP contribution in [0.2, 0.25) is 0 Å². The second-order valence-corrected chi connectivity index (χ2v) is 12.7. The standard InChI is InChI=1S/C37H67NO8/c1-3-5-7-9-11-13-15-17-19-21-25-45-33-24-23-30(37(44)38-28-31(40)35(42)36(43)32(41)29-39)27-34(33)46-26-22-20-18-16-14-12-10-8-6-4-2/h23-24,27,31-32,35-36,39-43H,3-22,25-26,28-29H2,1-2H3,(H,38,44)/t31-,32+,35+,36+/m0/s1. The highest BCUT2D eigenvalue weighted by molar-refractivity contribution is 5.94. The van der Waals surface area contributed by atoms with Crippen molar-refractivity contribution in [2.75, 3.05) is 26.4 Å². The maximum absolute atomic E-state index is 12.9. The smallest absolute Gasteiger partial charge is 0.251 e. The third kappa shape index (κ3) is 19.7. The second-order valence-electron chi connectivity index (χ2n) is 12.7. The van der Waals surface area contributed by atoms with Crippen LogP contribution in [-0.2, 0) is 0 Å². The Morgan fingerprint density at radius 1 is 0.609 bits per heavy atom. The zero-order valence-electron chi connectivity index (χ0n) is 29.0. The molecule has 268 valence electrons. The molecule has 1 amide bonds. The van der Waals surface area contributed by atoms with Gasteiger partial charge in [0.15, 0.2) is 11.5 Å². The Morgan fingerprint density at radius 2 is 1.02 bits per heavy atom. The summed E-state index contributed by atoms with van der Waals surface area (Å²) in [5.41, 5.74) is 0.307. The number of benzene rings is 1. The first-order valence-electron chi connectivity index (χ1n) is 18.4. The lowest BCUT2D eigenvalue weighted by atomic mass is 10.0. The largest absolute Gasteiger partial charge is 0.490 e. The summed E-state index contributed by atoms with van der Waals surface area (Å²) in [5, 5.41) is 51.0. The van der Waals surface area contributed by atoms with E-state index in [0.29, 0.717) is 30.3 Å². The van der Waals surface area contributed by atoms with E-state index in [4.69, 9.17) is 14.6 Å². The fraction of sp³-hybridized carbons (Fsp3) is 0.811. The zero-order chi connectivity index (χ0) is 33.8. The Hall–Kier alpha value is -1.91. The number of carbonyl (C=O) groups excluding carboxylic acids is 1. The molecule has 9 heteroatoms. The summed E-state index contributed by atoms with van der Waals surface area (Å²) < 4.78 is 12.2. The highest BCUT2D eigenvalue weighted by atomic mass is 16.5. The van der Waals surface area contributed by atoms with E-state index >= 15 is 0 Å². The van der Waals surface area contributed by atoms with Crippen molar-refractivity contribution in [3.63, 3.8) is 0 Å². The third-order valence-electron chi connectivity index (χ3n) is 8.51. The first-order chi connectivity index (χ1) is 22.3. The number of ether oxygens (including phenoxy) is 2. The van der Waals surface area contributed by atoms with Crippen LogP contribution in [0.3, 0.4) is 0 Å². The van der Waals surface area contributed by atoms with Crippen molar-refractivity contribution in [2.24, 2.45) is 0 Å². The minimum atomic E-state index is -1.75. The maximum atomic E-state index is 12.9. The van der Waals surface area contributed by atoms with Gasteiger partial charge in [-0.05, 0) is 31.0 Å². The SMILES string of the molecule is CCCCCCCCCCCCOc1ccc(C(=O)NC[C@H](O)[C@@H](O)[C@H](O)[C@H](O)CO)cc1OCCCCCCCCCCCC. The first kappa shape index (κ1) is 42.1. The highest BCUT2D eigenvalue weighted by Crippen LogP contribution is 2.29. The van der Waals surface area contributed by atoms with Gasteiger partial charge < -0.3 is 40.3 Å². The Labute approximate surface area is 279 Å². The van der Waals surface area contributed by atoms with Crippen molar-refractivity contribution in [1.29, 1.82) is 0 Å². The van der Waals surface area contributed by atoms with Gasteiger partial charge in [-0.1, -0.05) is 129 Å². The van der Waals surface area contributed by atoms with Crippen molar-refractivity contribution in [3.8, 4) is 11.5 Å². The summed E-state index contributed by atoms with van der Waals surface area (Å²) in [6.45, 7) is 4.44. The summed E-state index contributed by atoms with van der Waals surface area (Å²) in [4.78, 5) is 12.9. The van der Waals surface area contributed by atoms with Crippen LogP contribution < -0.4 is 14.8 Å². The summed E-state index contributed by atoms with van der Waals surface area (Å²) in [6, 6.07) is 4.99. The topological polar surface area (TPSA) is 149 Å². The number of unbranched alkanes of at least 4 members (excludes halogenated alkanes) is 18. The van der Waals surface area contributed by atoms with Gasteiger partial charge in [0.25, 0.3) is 5.91 Å². The number of aliphatic hydroxyl groups excluding tert-OH is 5. The van der Waals surface area contributed by atoms with Crippen LogP contribution in [0.15, 0.2) is 18.2 Å². The average molecular weight is 654 g/mol. The lowest BCUT2D eigenvalue weighted by Gasteiger charge is -2.25. The minimum Gasteiger partial charge on any atom is -0.490 e. The quantitative estimate of drug-likeness (QED) is 0.0501. The van der Waals surface area contributed by atoms with Crippen LogP contribution in [0.4, 0.5) is 0 Å². The molecule has 0 heterocycles. The molecule has 4 atom stereocenters. The molecule has 0 bridgehead atoms. The number of amides is 1. The molecular weight excluding hydrogens is 586 g/mol. The van der Waals surface area contributed by atoms with Crippen molar-refractivity contribution < 1.29 is 39.8 Å². The van der Waals surface area contributed by atoms with Gasteiger partial charge in [-0.3, -0.25) is 4.79 Å². The van der Waals surface area contributed by atoms with E-state index in [-0.39, 0.29) is 6.54 Å². The van der Waals surface area contributed by atoms with Gasteiger partial charge in [0.2, 0.25) is 0 Å². The third-order valence-corrected chi connectivity index (χ3v) is 8.51. The number of rotatable bonds is 31. The van der Waals surface area contributed by atoms with E-state index in [1.165, 1.54) is 103 Å². The van der Waals surface area contributed by atoms with E-state index in [9.17, 15) is 25.2 Å². The molecule has 1 aromatic rings. The van der Waals surface area contributed by atoms with Crippen LogP contribution in [0.25, 0.3) is 0 Å². The molecule has 0 aliphatic carbocycles.